The maximum absolute atomic E-state index is 10.7. The van der Waals surface area contributed by atoms with Crippen LogP contribution in [0.4, 0.5) is 5.13 Å². The highest BCUT2D eigenvalue weighted by Crippen LogP contribution is 2.39. The zero-order chi connectivity index (χ0) is 12.4. The Hall–Kier alpha value is -1.17. The fraction of sp³-hybridized carbons (Fsp3) is 0.727. The summed E-state index contributed by atoms with van der Waals surface area (Å²) in [5.41, 5.74) is 0. The zero-order valence-corrected chi connectivity index (χ0v) is 10.9. The first-order valence-corrected chi connectivity index (χ1v) is 6.71. The average Bonchev–Trinajstić information content (AvgIpc) is 2.99. The van der Waals surface area contributed by atoms with E-state index < -0.39 is 5.97 Å². The minimum absolute atomic E-state index is 0.0440. The smallest absolute Gasteiger partial charge is 0.305 e. The summed E-state index contributed by atoms with van der Waals surface area (Å²) in [7, 11) is 0. The molecule has 17 heavy (non-hydrogen) atoms. The lowest BCUT2D eigenvalue weighted by molar-refractivity contribution is -0.137. The van der Waals surface area contributed by atoms with E-state index in [0.29, 0.717) is 5.92 Å². The minimum Gasteiger partial charge on any atom is -0.481 e. The predicted molar refractivity (Wildman–Crippen MR) is 66.6 cm³/mol. The summed E-state index contributed by atoms with van der Waals surface area (Å²) in [5.74, 6) is 0.711. The molecule has 1 aromatic rings. The van der Waals surface area contributed by atoms with Crippen LogP contribution in [0, 0.1) is 0 Å². The SMILES string of the molecule is CCN(c1nc(C2CC2)ns1)C(C)CC(=O)O. The summed E-state index contributed by atoms with van der Waals surface area (Å²) in [4.78, 5) is 17.2. The van der Waals surface area contributed by atoms with Gasteiger partial charge < -0.3 is 10.0 Å². The molecular weight excluding hydrogens is 238 g/mol. The molecule has 1 saturated carbocycles. The Labute approximate surface area is 105 Å². The largest absolute Gasteiger partial charge is 0.481 e. The monoisotopic (exact) mass is 255 g/mol. The van der Waals surface area contributed by atoms with Gasteiger partial charge in [0, 0.05) is 30.0 Å². The molecule has 1 unspecified atom stereocenters. The first-order chi connectivity index (χ1) is 8.11. The standard InChI is InChI=1S/C11H17N3O2S/c1-3-14(7(2)6-9(15)16)11-12-10(13-17-11)8-4-5-8/h7-8H,3-6H2,1-2H3,(H,15,16). The van der Waals surface area contributed by atoms with Gasteiger partial charge in [0.1, 0.15) is 5.82 Å². The Kier molecular flexibility index (Phi) is 3.61. The molecule has 2 rings (SSSR count). The molecule has 94 valence electrons. The van der Waals surface area contributed by atoms with Gasteiger partial charge in [-0.05, 0) is 26.7 Å². The topological polar surface area (TPSA) is 66.3 Å². The van der Waals surface area contributed by atoms with Crippen molar-refractivity contribution >= 4 is 22.6 Å². The third kappa shape index (κ3) is 2.94. The van der Waals surface area contributed by atoms with Crippen LogP contribution in [0.15, 0.2) is 0 Å². The van der Waals surface area contributed by atoms with E-state index in [1.807, 2.05) is 18.7 Å². The fourth-order valence-electron chi connectivity index (χ4n) is 1.85. The lowest BCUT2D eigenvalue weighted by Gasteiger charge is -2.25. The van der Waals surface area contributed by atoms with Crippen molar-refractivity contribution in [1.82, 2.24) is 9.36 Å². The number of carboxylic acids is 1. The van der Waals surface area contributed by atoms with Crippen LogP contribution in [-0.2, 0) is 4.79 Å². The van der Waals surface area contributed by atoms with Gasteiger partial charge in [0.2, 0.25) is 5.13 Å². The van der Waals surface area contributed by atoms with Gasteiger partial charge in [-0.1, -0.05) is 0 Å². The quantitative estimate of drug-likeness (QED) is 0.843. The molecule has 1 fully saturated rings. The highest BCUT2D eigenvalue weighted by atomic mass is 32.1. The number of rotatable bonds is 6. The minimum atomic E-state index is -0.775. The van der Waals surface area contributed by atoms with Crippen molar-refractivity contribution in [1.29, 1.82) is 0 Å². The molecule has 1 heterocycles. The molecule has 1 aliphatic rings. The second-order valence-corrected chi connectivity index (χ2v) is 5.17. The van der Waals surface area contributed by atoms with Crippen LogP contribution < -0.4 is 4.90 Å². The van der Waals surface area contributed by atoms with Crippen LogP contribution in [0.25, 0.3) is 0 Å². The van der Waals surface area contributed by atoms with Crippen molar-refractivity contribution in [3.05, 3.63) is 5.82 Å². The van der Waals surface area contributed by atoms with Crippen LogP contribution in [0.3, 0.4) is 0 Å². The third-order valence-electron chi connectivity index (χ3n) is 2.96. The summed E-state index contributed by atoms with van der Waals surface area (Å²) < 4.78 is 4.35. The Balaban J connectivity index is 2.07. The van der Waals surface area contributed by atoms with Crippen molar-refractivity contribution < 1.29 is 9.90 Å². The molecule has 0 radical (unpaired) electrons. The summed E-state index contributed by atoms with van der Waals surface area (Å²) in [6.07, 6.45) is 2.51. The summed E-state index contributed by atoms with van der Waals surface area (Å²) in [6, 6.07) is -0.0440. The number of carbonyl (C=O) groups is 1. The van der Waals surface area contributed by atoms with Crippen molar-refractivity contribution in [3.63, 3.8) is 0 Å². The normalized spacial score (nSPS) is 16.8. The van der Waals surface area contributed by atoms with Crippen LogP contribution in [0.2, 0.25) is 0 Å². The highest BCUT2D eigenvalue weighted by molar-refractivity contribution is 7.09. The van der Waals surface area contributed by atoms with Crippen LogP contribution in [0.5, 0.6) is 0 Å². The number of aliphatic carboxylic acids is 1. The molecule has 1 N–H and O–H groups in total. The van der Waals surface area contributed by atoms with Gasteiger partial charge in [-0.25, -0.2) is 4.98 Å². The van der Waals surface area contributed by atoms with Crippen LogP contribution in [0.1, 0.15) is 44.9 Å². The Morgan fingerprint density at radius 1 is 1.65 bits per heavy atom. The van der Waals surface area contributed by atoms with Crippen LogP contribution in [-0.4, -0.2) is 33.0 Å². The van der Waals surface area contributed by atoms with Gasteiger partial charge >= 0.3 is 5.97 Å². The Bertz CT molecular complexity index is 403. The lowest BCUT2D eigenvalue weighted by Crippen LogP contribution is -2.34. The molecule has 1 aromatic heterocycles. The highest BCUT2D eigenvalue weighted by Gasteiger charge is 2.29. The first kappa shape index (κ1) is 12.3. The molecule has 0 amide bonds. The molecule has 0 bridgehead atoms. The summed E-state index contributed by atoms with van der Waals surface area (Å²) in [5, 5.41) is 9.67. The predicted octanol–water partition coefficient (Wildman–Crippen LogP) is 2.10. The van der Waals surface area contributed by atoms with E-state index in [9.17, 15) is 4.79 Å². The number of anilines is 1. The van der Waals surface area contributed by atoms with E-state index in [2.05, 4.69) is 9.36 Å². The molecule has 0 spiro atoms. The number of hydrogen-bond donors (Lipinski definition) is 1. The molecule has 0 aromatic carbocycles. The molecule has 5 nitrogen and oxygen atoms in total. The van der Waals surface area contributed by atoms with Crippen molar-refractivity contribution in [2.24, 2.45) is 0 Å². The van der Waals surface area contributed by atoms with E-state index in [1.54, 1.807) is 0 Å². The first-order valence-electron chi connectivity index (χ1n) is 5.93. The maximum Gasteiger partial charge on any atom is 0.305 e. The van der Waals surface area contributed by atoms with Gasteiger partial charge in [-0.2, -0.15) is 4.37 Å². The molecule has 1 atom stereocenters. The zero-order valence-electron chi connectivity index (χ0n) is 10.1. The number of hydrogen-bond acceptors (Lipinski definition) is 5. The Morgan fingerprint density at radius 3 is 2.88 bits per heavy atom. The number of carboxylic acid groups (broad SMARTS) is 1. The van der Waals surface area contributed by atoms with E-state index in [1.165, 1.54) is 24.4 Å². The molecule has 0 saturated heterocycles. The Morgan fingerprint density at radius 2 is 2.35 bits per heavy atom. The second-order valence-electron chi connectivity index (χ2n) is 4.44. The van der Waals surface area contributed by atoms with Crippen LogP contribution >= 0.6 is 11.5 Å². The van der Waals surface area contributed by atoms with E-state index in [4.69, 9.17) is 5.11 Å². The van der Waals surface area contributed by atoms with E-state index in [-0.39, 0.29) is 12.5 Å². The molecule has 6 heteroatoms. The molecule has 1 aliphatic carbocycles. The van der Waals surface area contributed by atoms with Crippen molar-refractivity contribution in [3.8, 4) is 0 Å². The van der Waals surface area contributed by atoms with Gasteiger partial charge in [-0.15, -0.1) is 0 Å². The maximum atomic E-state index is 10.7. The van der Waals surface area contributed by atoms with Crippen molar-refractivity contribution in [2.75, 3.05) is 11.4 Å². The summed E-state index contributed by atoms with van der Waals surface area (Å²) >= 11 is 1.38. The van der Waals surface area contributed by atoms with Crippen molar-refractivity contribution in [2.45, 2.75) is 45.1 Å². The number of nitrogens with zero attached hydrogens (tertiary/aromatic N) is 3. The number of aromatic nitrogens is 2. The summed E-state index contributed by atoms with van der Waals surface area (Å²) in [6.45, 7) is 4.68. The second kappa shape index (κ2) is 5.00. The third-order valence-corrected chi connectivity index (χ3v) is 3.73. The average molecular weight is 255 g/mol. The van der Waals surface area contributed by atoms with E-state index >= 15 is 0 Å². The van der Waals surface area contributed by atoms with E-state index in [0.717, 1.165) is 17.5 Å². The lowest BCUT2D eigenvalue weighted by atomic mass is 10.2. The molecular formula is C11H17N3O2S. The fourth-order valence-corrected chi connectivity index (χ4v) is 2.76. The van der Waals surface area contributed by atoms with Gasteiger partial charge in [0.25, 0.3) is 0 Å². The van der Waals surface area contributed by atoms with Gasteiger partial charge in [0.05, 0.1) is 6.42 Å². The van der Waals surface area contributed by atoms with Gasteiger partial charge in [0.15, 0.2) is 0 Å². The molecule has 0 aliphatic heterocycles. The van der Waals surface area contributed by atoms with Gasteiger partial charge in [-0.3, -0.25) is 4.79 Å².